The molecule has 1 N–H and O–H groups in total. The summed E-state index contributed by atoms with van der Waals surface area (Å²) in [6.07, 6.45) is 6.90. The third-order valence-electron chi connectivity index (χ3n) is 4.49. The van der Waals surface area contributed by atoms with Gasteiger partial charge in [-0.3, -0.25) is 0 Å². The molecule has 2 rings (SSSR count). The first-order chi connectivity index (χ1) is 8.76. The van der Waals surface area contributed by atoms with Crippen molar-refractivity contribution >= 4 is 15.9 Å². The molecule has 1 aliphatic carbocycles. The minimum absolute atomic E-state index is 0.499. The van der Waals surface area contributed by atoms with Crippen LogP contribution in [0.25, 0.3) is 0 Å². The summed E-state index contributed by atoms with van der Waals surface area (Å²) in [6, 6.07) is 9.13. The molecule has 0 spiro atoms. The van der Waals surface area contributed by atoms with Crippen LogP contribution in [0.2, 0.25) is 0 Å². The van der Waals surface area contributed by atoms with Gasteiger partial charge in [-0.25, -0.2) is 0 Å². The largest absolute Gasteiger partial charge is 0.313 e. The maximum absolute atomic E-state index is 3.69. The molecule has 1 unspecified atom stereocenters. The van der Waals surface area contributed by atoms with E-state index in [4.69, 9.17) is 0 Å². The molecule has 2 heteroatoms. The fraction of sp³-hybridized carbons (Fsp3) is 0.625. The molecule has 100 valence electrons. The molecule has 0 heterocycles. The van der Waals surface area contributed by atoms with E-state index < -0.39 is 0 Å². The molecule has 1 aliphatic rings. The maximum Gasteiger partial charge on any atom is 0.0357 e. The standard InChI is InChI=1S/C16H24BrN/c1-3-12-8-10-13(11-9-12)16(18-2)14-6-4-5-7-15(14)17/h4-7,12-13,16,18H,3,8-11H2,1-2H3. The van der Waals surface area contributed by atoms with Crippen molar-refractivity contribution in [2.45, 2.75) is 45.1 Å². The second-order valence-electron chi connectivity index (χ2n) is 5.48. The first kappa shape index (κ1) is 14.1. The van der Waals surface area contributed by atoms with Crippen molar-refractivity contribution in [2.24, 2.45) is 11.8 Å². The Morgan fingerprint density at radius 2 is 1.89 bits per heavy atom. The average molecular weight is 310 g/mol. The predicted molar refractivity (Wildman–Crippen MR) is 81.7 cm³/mol. The molecule has 1 saturated carbocycles. The minimum Gasteiger partial charge on any atom is -0.313 e. The van der Waals surface area contributed by atoms with E-state index in [1.807, 2.05) is 0 Å². The van der Waals surface area contributed by atoms with Crippen molar-refractivity contribution in [1.82, 2.24) is 5.32 Å². The van der Waals surface area contributed by atoms with Gasteiger partial charge in [0.05, 0.1) is 0 Å². The summed E-state index contributed by atoms with van der Waals surface area (Å²) >= 11 is 3.69. The van der Waals surface area contributed by atoms with E-state index >= 15 is 0 Å². The second-order valence-corrected chi connectivity index (χ2v) is 6.33. The van der Waals surface area contributed by atoms with Crippen LogP contribution in [-0.2, 0) is 0 Å². The Kier molecular flexibility index (Phi) is 5.25. The predicted octanol–water partition coefficient (Wildman–Crippen LogP) is 4.93. The van der Waals surface area contributed by atoms with E-state index in [1.165, 1.54) is 42.1 Å². The van der Waals surface area contributed by atoms with E-state index in [2.05, 4.69) is 59.5 Å². The van der Waals surface area contributed by atoms with Crippen LogP contribution in [0.5, 0.6) is 0 Å². The van der Waals surface area contributed by atoms with Gasteiger partial charge in [0.25, 0.3) is 0 Å². The van der Waals surface area contributed by atoms with Gasteiger partial charge < -0.3 is 5.32 Å². The van der Waals surface area contributed by atoms with Crippen LogP contribution >= 0.6 is 15.9 Å². The van der Waals surface area contributed by atoms with Crippen LogP contribution in [-0.4, -0.2) is 7.05 Å². The zero-order valence-corrected chi connectivity index (χ0v) is 13.0. The van der Waals surface area contributed by atoms with Gasteiger partial charge in [0.2, 0.25) is 0 Å². The molecular formula is C16H24BrN. The lowest BCUT2D eigenvalue weighted by molar-refractivity contribution is 0.224. The van der Waals surface area contributed by atoms with E-state index in [0.717, 1.165) is 11.8 Å². The summed E-state index contributed by atoms with van der Waals surface area (Å²) < 4.78 is 1.24. The number of hydrogen-bond acceptors (Lipinski definition) is 1. The Labute approximate surface area is 119 Å². The molecule has 1 aromatic carbocycles. The van der Waals surface area contributed by atoms with Crippen molar-refractivity contribution in [3.63, 3.8) is 0 Å². The summed E-state index contributed by atoms with van der Waals surface area (Å²) in [5.74, 6) is 1.76. The number of hydrogen-bond donors (Lipinski definition) is 1. The fourth-order valence-electron chi connectivity index (χ4n) is 3.30. The van der Waals surface area contributed by atoms with Crippen LogP contribution in [0.15, 0.2) is 28.7 Å². The Hall–Kier alpha value is -0.340. The van der Waals surface area contributed by atoms with Gasteiger partial charge in [-0.15, -0.1) is 0 Å². The Morgan fingerprint density at radius 1 is 1.22 bits per heavy atom. The van der Waals surface area contributed by atoms with Gasteiger partial charge in [0, 0.05) is 10.5 Å². The lowest BCUT2D eigenvalue weighted by Gasteiger charge is -2.34. The number of benzene rings is 1. The monoisotopic (exact) mass is 309 g/mol. The number of rotatable bonds is 4. The van der Waals surface area contributed by atoms with Crippen molar-refractivity contribution < 1.29 is 0 Å². The van der Waals surface area contributed by atoms with Crippen LogP contribution in [0.1, 0.15) is 50.6 Å². The molecule has 0 bridgehead atoms. The van der Waals surface area contributed by atoms with Gasteiger partial charge in [-0.2, -0.15) is 0 Å². The average Bonchev–Trinajstić information content (AvgIpc) is 2.42. The van der Waals surface area contributed by atoms with Crippen LogP contribution in [0, 0.1) is 11.8 Å². The van der Waals surface area contributed by atoms with Crippen LogP contribution in [0.3, 0.4) is 0 Å². The summed E-state index contributed by atoms with van der Waals surface area (Å²) in [6.45, 7) is 2.33. The topological polar surface area (TPSA) is 12.0 Å². The molecule has 1 atom stereocenters. The summed E-state index contributed by atoms with van der Waals surface area (Å²) in [7, 11) is 2.09. The van der Waals surface area contributed by atoms with Gasteiger partial charge in [-0.05, 0) is 43.4 Å². The zero-order valence-electron chi connectivity index (χ0n) is 11.5. The van der Waals surface area contributed by atoms with Gasteiger partial charge in [-0.1, -0.05) is 60.3 Å². The SMILES string of the molecule is CCC1CCC(C(NC)c2ccccc2Br)CC1. The third-order valence-corrected chi connectivity index (χ3v) is 5.21. The fourth-order valence-corrected chi connectivity index (χ4v) is 3.83. The van der Waals surface area contributed by atoms with Crippen molar-refractivity contribution in [2.75, 3.05) is 7.05 Å². The first-order valence-electron chi connectivity index (χ1n) is 7.18. The minimum atomic E-state index is 0.499. The number of nitrogens with one attached hydrogen (secondary N) is 1. The lowest BCUT2D eigenvalue weighted by Crippen LogP contribution is -2.29. The molecule has 0 aromatic heterocycles. The molecule has 0 saturated heterocycles. The van der Waals surface area contributed by atoms with Crippen LogP contribution in [0.4, 0.5) is 0 Å². The molecule has 0 amide bonds. The molecule has 1 aromatic rings. The second kappa shape index (κ2) is 6.72. The summed E-state index contributed by atoms with van der Waals surface area (Å²) in [4.78, 5) is 0. The Bertz CT molecular complexity index is 369. The van der Waals surface area contributed by atoms with Crippen molar-refractivity contribution in [1.29, 1.82) is 0 Å². The highest BCUT2D eigenvalue weighted by Crippen LogP contribution is 2.39. The van der Waals surface area contributed by atoms with Crippen molar-refractivity contribution in [3.05, 3.63) is 34.3 Å². The van der Waals surface area contributed by atoms with E-state index in [-0.39, 0.29) is 0 Å². The highest BCUT2D eigenvalue weighted by Gasteiger charge is 2.27. The molecule has 1 fully saturated rings. The highest BCUT2D eigenvalue weighted by atomic mass is 79.9. The first-order valence-corrected chi connectivity index (χ1v) is 7.97. The van der Waals surface area contributed by atoms with Gasteiger partial charge >= 0.3 is 0 Å². The quantitative estimate of drug-likeness (QED) is 0.832. The molecule has 18 heavy (non-hydrogen) atoms. The molecule has 0 aliphatic heterocycles. The zero-order chi connectivity index (χ0) is 13.0. The maximum atomic E-state index is 3.69. The summed E-state index contributed by atoms with van der Waals surface area (Å²) in [5.41, 5.74) is 1.42. The van der Waals surface area contributed by atoms with Crippen LogP contribution < -0.4 is 5.32 Å². The molecule has 0 radical (unpaired) electrons. The van der Waals surface area contributed by atoms with E-state index in [1.54, 1.807) is 0 Å². The smallest absolute Gasteiger partial charge is 0.0357 e. The Morgan fingerprint density at radius 3 is 2.44 bits per heavy atom. The summed E-state index contributed by atoms with van der Waals surface area (Å²) in [5, 5.41) is 3.53. The third kappa shape index (κ3) is 3.16. The van der Waals surface area contributed by atoms with Crippen molar-refractivity contribution in [3.8, 4) is 0 Å². The van der Waals surface area contributed by atoms with E-state index in [0.29, 0.717) is 6.04 Å². The number of halogens is 1. The molecule has 1 nitrogen and oxygen atoms in total. The molecular weight excluding hydrogens is 286 g/mol. The lowest BCUT2D eigenvalue weighted by atomic mass is 9.76. The highest BCUT2D eigenvalue weighted by molar-refractivity contribution is 9.10. The van der Waals surface area contributed by atoms with Gasteiger partial charge in [0.1, 0.15) is 0 Å². The van der Waals surface area contributed by atoms with Gasteiger partial charge in [0.15, 0.2) is 0 Å². The normalized spacial score (nSPS) is 25.9. The Balaban J connectivity index is 2.08. The van der Waals surface area contributed by atoms with E-state index in [9.17, 15) is 0 Å².